The van der Waals surface area contributed by atoms with E-state index in [4.69, 9.17) is 55.0 Å². The van der Waals surface area contributed by atoms with Crippen LogP contribution in [0.4, 0.5) is 0 Å². The molecule has 0 aliphatic carbocycles. The highest BCUT2D eigenvalue weighted by atomic mass is 32.2. The molecule has 1 atom stereocenters. The number of aromatic carboxylic acids is 7. The summed E-state index contributed by atoms with van der Waals surface area (Å²) in [5, 5.41) is 66.9. The third kappa shape index (κ3) is 33.5. The zero-order valence-corrected chi connectivity index (χ0v) is 63.9. The van der Waals surface area contributed by atoms with Crippen LogP contribution < -0.4 is 15.6 Å². The number of carboxylic acids is 7. The van der Waals surface area contributed by atoms with Gasteiger partial charge in [0.25, 0.3) is 0 Å². The van der Waals surface area contributed by atoms with Crippen LogP contribution in [-0.4, -0.2) is 169 Å². The summed E-state index contributed by atoms with van der Waals surface area (Å²) >= 11 is 8.10. The van der Waals surface area contributed by atoms with Crippen molar-refractivity contribution in [3.05, 3.63) is 217 Å². The van der Waals surface area contributed by atoms with Gasteiger partial charge in [0.15, 0.2) is 10.5 Å². The lowest BCUT2D eigenvalue weighted by Crippen LogP contribution is -2.06. The number of hydrogen-bond acceptors (Lipinski definition) is 29. The van der Waals surface area contributed by atoms with Gasteiger partial charge in [-0.25, -0.2) is 73.4 Å². The van der Waals surface area contributed by atoms with Gasteiger partial charge in [-0.1, -0.05) is 74.5 Å². The summed E-state index contributed by atoms with van der Waals surface area (Å²) in [7, 11) is -9.93. The van der Waals surface area contributed by atoms with Gasteiger partial charge in [0.05, 0.1) is 39.8 Å². The molecule has 0 spiro atoms. The minimum absolute atomic E-state index is 0.0526. The maximum absolute atomic E-state index is 10.9. The van der Waals surface area contributed by atoms with Gasteiger partial charge >= 0.3 is 59.5 Å². The summed E-state index contributed by atoms with van der Waals surface area (Å²) < 4.78 is 56.0. The van der Waals surface area contributed by atoms with Crippen LogP contribution in [0.2, 0.25) is 0 Å². The number of pyridine rings is 3. The predicted molar refractivity (Wildman–Crippen MR) is 396 cm³/mol. The molecule has 2 aromatic carbocycles. The Morgan fingerprint density at radius 3 is 1.27 bits per heavy atom. The highest BCUT2D eigenvalue weighted by Gasteiger charge is 2.18. The molecule has 10 aromatic heterocycles. The lowest BCUT2D eigenvalue weighted by atomic mass is 10.2. The number of fused-ring (bicyclic) bond motifs is 1. The van der Waals surface area contributed by atoms with Gasteiger partial charge in [0, 0.05) is 68.6 Å². The second-order valence-corrected chi connectivity index (χ2v) is 31.7. The van der Waals surface area contributed by atoms with Gasteiger partial charge in [-0.05, 0) is 82.1 Å². The summed E-state index contributed by atoms with van der Waals surface area (Å²) in [6.45, 7) is 12.5. The van der Waals surface area contributed by atoms with Crippen LogP contribution >= 0.6 is 94.3 Å². The lowest BCUT2D eigenvalue weighted by molar-refractivity contribution is 0.0685. The number of ether oxygens (including phenoxy) is 1. The molecule has 1 unspecified atom stereocenters. The van der Waals surface area contributed by atoms with Gasteiger partial charge in [-0.15, -0.1) is 79.4 Å². The van der Waals surface area contributed by atoms with Crippen LogP contribution in [0.1, 0.15) is 115 Å². The summed E-state index contributed by atoms with van der Waals surface area (Å²) in [4.78, 5) is 138. The SMILES string of the molecule is CC(C)c1csc(C(=O)O)n1.COc1csc(C(=O)O)n1.CP(=O)(O)c1ccccn1.Cc1cnc(C(=O)O)s1.Cc1csc(C(=O)O)n1.Cc1nc(C(=O)O)sc1C.O=C(O)c1nc(-c2ccccc2)cs1.O=C(O)c1nc2ccccc2s1.O=P(O)(O)c1ccccn1.O=S(=O)(O)c1ccccn1. The van der Waals surface area contributed by atoms with Gasteiger partial charge in [0.1, 0.15) is 5.44 Å². The van der Waals surface area contributed by atoms with Crippen LogP contribution in [0.3, 0.4) is 0 Å². The fourth-order valence-corrected chi connectivity index (χ4v) is 12.7. The molecule has 11 N–H and O–H groups in total. The predicted octanol–water partition coefficient (Wildman–Crippen LogP) is 11.9. The van der Waals surface area contributed by atoms with Crippen LogP contribution in [0, 0.1) is 27.7 Å². The fraction of sp³-hybridized carbons (Fsp3) is 0.145. The molecule has 0 aliphatic heterocycles. The van der Waals surface area contributed by atoms with Gasteiger partial charge in [-0.3, -0.25) is 18.7 Å². The number of rotatable bonds is 13. The first-order valence-corrected chi connectivity index (χ1v) is 39.6. The third-order valence-electron chi connectivity index (χ3n) is 11.1. The number of aryl methyl sites for hydroxylation is 4. The molecule has 12 rings (SSSR count). The average Bonchev–Trinajstić information content (AvgIpc) is 1.80. The Morgan fingerprint density at radius 1 is 0.476 bits per heavy atom. The van der Waals surface area contributed by atoms with Crippen molar-refractivity contribution >= 4 is 167 Å². The number of carbonyl (C=O) groups is 7. The summed E-state index contributed by atoms with van der Waals surface area (Å²) in [5.74, 6) is -6.09. The van der Waals surface area contributed by atoms with Crippen molar-refractivity contribution in [2.75, 3.05) is 13.8 Å². The maximum atomic E-state index is 10.9. The highest BCUT2D eigenvalue weighted by Crippen LogP contribution is 2.33. The van der Waals surface area contributed by atoms with Crippen LogP contribution in [0.25, 0.3) is 21.5 Å². The molecule has 0 saturated heterocycles. The molecule has 105 heavy (non-hydrogen) atoms. The number of hydrogen-bond donors (Lipinski definition) is 11. The van der Waals surface area contributed by atoms with Crippen LogP contribution in [-0.2, 0) is 19.2 Å². The second-order valence-electron chi connectivity index (χ2n) is 19.6. The number of benzene rings is 2. The van der Waals surface area contributed by atoms with E-state index in [2.05, 4.69) is 54.6 Å². The standard InChI is InChI=1S/C10H7NO2S.C8H5NO2S.C7H9NO2S.C6H8NO2P.C6H7NO2S.C5H6NO3P.2C5H5NO3S.2C5H5NO2S/c12-10(13)9-11-8(6-14-9)7-4-2-1-3-5-7;10-8(11)7-9-5-3-1-2-4-6(5)12-7;1-4(2)5-3-11-6(8-5)7(9)10;1-10(8,9)6-4-2-3-5-7-6;1-3-4(2)10-5(7-3)6(8)9;7-10(8,9)5-3-1-2-4-6-5;1-9-3-2-10-4(6-3)5(7)8;7-10(8,9)5-3-1-2-4-6-5;1-3-2-9-4(6-3)5(7)8;1-3-2-6-4(9-3)5(7)8/h1-6H,(H,12,13);1-4H,(H,10,11);3-4H,1-2H3,(H,9,10);2-5H,1H3,(H,8,9);1-2H3,(H,8,9);1-4H,(H2,7,8,9);2H,1H3,(H,7,8);1-4H,(H,7,8,9);2*2H,1H3,(H,7,8). The summed E-state index contributed by atoms with van der Waals surface area (Å²) in [6, 6.07) is 30.5. The van der Waals surface area contributed by atoms with Crippen LogP contribution in [0.15, 0.2) is 161 Å². The van der Waals surface area contributed by atoms with E-state index >= 15 is 0 Å². The number of thiazole rings is 7. The molecule has 0 aliphatic rings. The zero-order valence-electron chi connectivity index (χ0n) is 55.5. The second kappa shape index (κ2) is 43.9. The lowest BCUT2D eigenvalue weighted by Gasteiger charge is -2.01. The minimum Gasteiger partial charge on any atom is -0.480 e. The molecule has 12 aromatic rings. The molecule has 0 amide bonds. The van der Waals surface area contributed by atoms with E-state index in [0.717, 1.165) is 76.6 Å². The van der Waals surface area contributed by atoms with Crippen molar-refractivity contribution < 1.29 is 111 Å². The monoisotopic (exact) mass is 1630 g/mol. The van der Waals surface area contributed by atoms with Crippen molar-refractivity contribution in [1.29, 1.82) is 0 Å². The van der Waals surface area contributed by atoms with Gasteiger partial charge < -0.3 is 55.2 Å². The van der Waals surface area contributed by atoms with Crippen molar-refractivity contribution in [1.82, 2.24) is 49.8 Å². The van der Waals surface area contributed by atoms with E-state index in [1.165, 1.54) is 102 Å². The number of carboxylic acid groups (broad SMARTS) is 7. The Labute approximate surface area is 624 Å². The highest BCUT2D eigenvalue weighted by molar-refractivity contribution is 7.85. The first-order chi connectivity index (χ1) is 49.2. The number of para-hydroxylation sites is 1. The van der Waals surface area contributed by atoms with Crippen LogP contribution in [0.5, 0.6) is 5.88 Å². The molecule has 33 nitrogen and oxygen atoms in total. The quantitative estimate of drug-likeness (QED) is 0.0377. The molecule has 10 heterocycles. The molecule has 556 valence electrons. The van der Waals surface area contributed by atoms with E-state index in [0.29, 0.717) is 17.5 Å². The minimum atomic E-state index is -4.13. The Kier molecular flexibility index (Phi) is 37.2. The molecular formula is C62H62N10O23P2S8. The Hall–Kier alpha value is -10.1. The molecule has 0 fully saturated rings. The smallest absolute Gasteiger partial charge is 0.374 e. The van der Waals surface area contributed by atoms with Gasteiger partial charge in [-0.2, -0.15) is 13.4 Å². The average molecular weight is 1630 g/mol. The molecule has 0 saturated carbocycles. The van der Waals surface area contributed by atoms with E-state index < -0.39 is 66.9 Å². The van der Waals surface area contributed by atoms with E-state index in [9.17, 15) is 51.1 Å². The number of nitrogens with zero attached hydrogens (tertiary/aromatic N) is 10. The van der Waals surface area contributed by atoms with Gasteiger partial charge in [0.2, 0.25) is 48.3 Å². The van der Waals surface area contributed by atoms with Crippen molar-refractivity contribution in [2.24, 2.45) is 0 Å². The molecule has 0 radical (unpaired) electrons. The fourth-order valence-electron chi connectivity index (χ4n) is 6.27. The van der Waals surface area contributed by atoms with Crippen molar-refractivity contribution in [3.63, 3.8) is 0 Å². The van der Waals surface area contributed by atoms with E-state index in [-0.39, 0.29) is 50.9 Å². The zero-order chi connectivity index (χ0) is 78.8. The Balaban J connectivity index is 0.000000304. The maximum Gasteiger partial charge on any atom is 0.374 e. The third-order valence-corrected chi connectivity index (χ3v) is 20.3. The number of aromatic nitrogens is 10. The topological polar surface area (TPSA) is 548 Å². The molecule has 43 heteroatoms. The summed E-state index contributed by atoms with van der Waals surface area (Å²) in [5.41, 5.74) is 4.90. The Morgan fingerprint density at radius 2 is 0.943 bits per heavy atom. The Bertz CT molecular complexity index is 4830. The summed E-state index contributed by atoms with van der Waals surface area (Å²) in [6.07, 6.45) is 5.69. The van der Waals surface area contributed by atoms with Crippen molar-refractivity contribution in [2.45, 2.75) is 52.5 Å². The van der Waals surface area contributed by atoms with Crippen molar-refractivity contribution in [3.8, 4) is 17.1 Å². The molecular weight excluding hydrogens is 1570 g/mol. The normalized spacial score (nSPS) is 10.8. The van der Waals surface area contributed by atoms with E-state index in [1.54, 1.807) is 78.0 Å². The first kappa shape index (κ1) is 89.1. The largest absolute Gasteiger partial charge is 0.480 e. The number of methoxy groups -OCH3 is 1. The first-order valence-electron chi connectivity index (χ1n) is 28.5. The van der Waals surface area contributed by atoms with E-state index in [1.807, 2.05) is 76.2 Å². The molecule has 0 bridgehead atoms.